The lowest BCUT2D eigenvalue weighted by atomic mass is 9.55. The van der Waals surface area contributed by atoms with E-state index in [9.17, 15) is 14.7 Å². The molecule has 3 aliphatic carbocycles. The number of aryl methyl sites for hydroxylation is 1. The summed E-state index contributed by atoms with van der Waals surface area (Å²) in [4.78, 5) is 24.6. The minimum absolute atomic E-state index is 0.0228. The van der Waals surface area contributed by atoms with Crippen LogP contribution in [0.4, 0.5) is 0 Å². The molecule has 2 saturated carbocycles. The maximum atomic E-state index is 12.5. The van der Waals surface area contributed by atoms with Gasteiger partial charge in [-0.3, -0.25) is 4.79 Å². The Morgan fingerprint density at radius 2 is 1.94 bits per heavy atom. The van der Waals surface area contributed by atoms with Gasteiger partial charge in [0.1, 0.15) is 5.75 Å². The van der Waals surface area contributed by atoms with Crippen LogP contribution in [0.3, 0.4) is 0 Å². The minimum atomic E-state index is -0.476. The van der Waals surface area contributed by atoms with Crippen LogP contribution in [0.1, 0.15) is 73.4 Å². The van der Waals surface area contributed by atoms with Crippen LogP contribution in [0.15, 0.2) is 48.5 Å². The van der Waals surface area contributed by atoms with Crippen LogP contribution in [0.5, 0.6) is 5.75 Å². The summed E-state index contributed by atoms with van der Waals surface area (Å²) in [7, 11) is 0. The van der Waals surface area contributed by atoms with Crippen LogP contribution < -0.4 is 10.1 Å². The van der Waals surface area contributed by atoms with Crippen molar-refractivity contribution in [1.29, 1.82) is 0 Å². The highest BCUT2D eigenvalue weighted by molar-refractivity contribution is 5.91. The normalized spacial score (nSPS) is 32.3. The van der Waals surface area contributed by atoms with E-state index in [2.05, 4.69) is 18.3 Å². The van der Waals surface area contributed by atoms with Crippen LogP contribution in [0.25, 0.3) is 0 Å². The average Bonchev–Trinajstić information content (AvgIpc) is 3.09. The zero-order valence-corrected chi connectivity index (χ0v) is 19.4. The third-order valence-electron chi connectivity index (χ3n) is 8.58. The molecule has 2 N–H and O–H groups in total. The smallest absolute Gasteiger partial charge is 0.343 e. The van der Waals surface area contributed by atoms with Crippen LogP contribution >= 0.6 is 0 Å². The van der Waals surface area contributed by atoms with Crippen molar-refractivity contribution in [1.82, 2.24) is 5.32 Å². The number of benzene rings is 2. The maximum Gasteiger partial charge on any atom is 0.343 e. The Hall–Kier alpha value is -2.66. The van der Waals surface area contributed by atoms with Gasteiger partial charge in [-0.25, -0.2) is 4.79 Å². The van der Waals surface area contributed by atoms with Crippen molar-refractivity contribution in [2.75, 3.05) is 0 Å². The minimum Gasteiger partial charge on any atom is -0.423 e. The molecule has 0 spiro atoms. The predicted molar refractivity (Wildman–Crippen MR) is 126 cm³/mol. The first-order chi connectivity index (χ1) is 15.9. The SMILES string of the molecule is CCC(=O)N[C@H]1[C@H](O)C[C@H]2[C@@H]3CCc4cc(OC(=O)c5ccccc5)ccc4[C@H]3CC[C@@]21C. The number of nitrogens with one attached hydrogen (secondary N) is 1. The standard InChI is InChI=1S/C28H33NO4/c1-3-25(31)29-26-24(30)16-23-22-11-9-18-15-19(33-27(32)17-7-5-4-6-8-17)10-12-20(18)21(22)13-14-28(23,26)2/h4-8,10,12,15,21-24,26,30H,3,9,11,13-14,16H2,1-2H3,(H,29,31)/t21-,22-,23+,24-,26+,28+/m1/s1. The number of fused-ring (bicyclic) bond motifs is 5. The first-order valence-corrected chi connectivity index (χ1v) is 12.3. The van der Waals surface area contributed by atoms with E-state index in [1.54, 1.807) is 12.1 Å². The highest BCUT2D eigenvalue weighted by atomic mass is 16.5. The highest BCUT2D eigenvalue weighted by Crippen LogP contribution is 2.61. The second-order valence-electron chi connectivity index (χ2n) is 10.3. The number of carbonyl (C=O) groups excluding carboxylic acids is 2. The molecular weight excluding hydrogens is 414 g/mol. The number of hydrogen-bond donors (Lipinski definition) is 2. The molecule has 0 aromatic heterocycles. The van der Waals surface area contributed by atoms with E-state index in [0.29, 0.717) is 35.5 Å². The zero-order valence-electron chi connectivity index (χ0n) is 19.4. The van der Waals surface area contributed by atoms with Crippen molar-refractivity contribution in [3.8, 4) is 5.75 Å². The number of hydrogen-bond acceptors (Lipinski definition) is 4. The Balaban J connectivity index is 1.35. The van der Waals surface area contributed by atoms with E-state index in [0.717, 1.165) is 32.1 Å². The van der Waals surface area contributed by atoms with Crippen LogP contribution in [0.2, 0.25) is 0 Å². The van der Waals surface area contributed by atoms with Gasteiger partial charge in [0.15, 0.2) is 0 Å². The van der Waals surface area contributed by atoms with Crippen molar-refractivity contribution in [3.63, 3.8) is 0 Å². The highest BCUT2D eigenvalue weighted by Gasteiger charge is 2.58. The monoisotopic (exact) mass is 447 g/mol. The molecule has 2 aromatic carbocycles. The number of carbonyl (C=O) groups is 2. The van der Waals surface area contributed by atoms with Crippen LogP contribution in [-0.2, 0) is 11.2 Å². The molecule has 0 bridgehead atoms. The molecule has 0 radical (unpaired) electrons. The van der Waals surface area contributed by atoms with Gasteiger partial charge in [-0.2, -0.15) is 0 Å². The molecule has 2 aromatic rings. The summed E-state index contributed by atoms with van der Waals surface area (Å²) in [5.74, 6) is 1.65. The number of aliphatic hydroxyl groups is 1. The molecule has 2 fully saturated rings. The van der Waals surface area contributed by atoms with E-state index in [-0.39, 0.29) is 23.3 Å². The molecule has 0 unspecified atom stereocenters. The summed E-state index contributed by atoms with van der Waals surface area (Å²) < 4.78 is 5.65. The molecule has 6 atom stereocenters. The van der Waals surface area contributed by atoms with Gasteiger partial charge in [0.25, 0.3) is 0 Å². The summed E-state index contributed by atoms with van der Waals surface area (Å²) in [5.41, 5.74) is 3.12. The molecule has 1 amide bonds. The lowest BCUT2D eigenvalue weighted by Gasteiger charge is -2.50. The molecule has 33 heavy (non-hydrogen) atoms. The third-order valence-corrected chi connectivity index (χ3v) is 8.58. The molecule has 174 valence electrons. The summed E-state index contributed by atoms with van der Waals surface area (Å²) in [5, 5.41) is 14.0. The molecule has 0 aliphatic heterocycles. The molecule has 0 saturated heterocycles. The van der Waals surface area contributed by atoms with E-state index in [1.807, 2.05) is 37.3 Å². The van der Waals surface area contributed by atoms with Gasteiger partial charge >= 0.3 is 5.97 Å². The number of aliphatic hydroxyl groups excluding tert-OH is 1. The number of amides is 1. The fourth-order valence-electron chi connectivity index (χ4n) is 6.91. The Morgan fingerprint density at radius 3 is 2.70 bits per heavy atom. The van der Waals surface area contributed by atoms with Gasteiger partial charge in [0.2, 0.25) is 5.91 Å². The fraction of sp³-hybridized carbons (Fsp3) is 0.500. The second-order valence-corrected chi connectivity index (χ2v) is 10.3. The van der Waals surface area contributed by atoms with Gasteiger partial charge in [0.05, 0.1) is 17.7 Å². The van der Waals surface area contributed by atoms with E-state index < -0.39 is 6.10 Å². The summed E-state index contributed by atoms with van der Waals surface area (Å²) in [6.45, 7) is 4.13. The quantitative estimate of drug-likeness (QED) is 0.529. The van der Waals surface area contributed by atoms with Crippen LogP contribution in [0, 0.1) is 17.3 Å². The molecule has 5 rings (SSSR count). The lowest BCUT2D eigenvalue weighted by Crippen LogP contribution is -2.52. The summed E-state index contributed by atoms with van der Waals surface area (Å²) in [6, 6.07) is 15.0. The first kappa shape index (κ1) is 22.1. The molecule has 5 heteroatoms. The zero-order chi connectivity index (χ0) is 23.2. The van der Waals surface area contributed by atoms with Gasteiger partial charge < -0.3 is 15.2 Å². The third kappa shape index (κ3) is 3.86. The van der Waals surface area contributed by atoms with Crippen molar-refractivity contribution in [2.24, 2.45) is 17.3 Å². The summed E-state index contributed by atoms with van der Waals surface area (Å²) in [6.07, 6.45) is 4.79. The molecule has 3 aliphatic rings. The molecular formula is C28H33NO4. The van der Waals surface area contributed by atoms with Crippen molar-refractivity contribution < 1.29 is 19.4 Å². The van der Waals surface area contributed by atoms with E-state index >= 15 is 0 Å². The van der Waals surface area contributed by atoms with Gasteiger partial charge in [-0.15, -0.1) is 0 Å². The Bertz CT molecular complexity index is 1050. The van der Waals surface area contributed by atoms with Crippen molar-refractivity contribution in [2.45, 2.75) is 70.4 Å². The van der Waals surface area contributed by atoms with Crippen molar-refractivity contribution >= 4 is 11.9 Å². The number of esters is 1. The van der Waals surface area contributed by atoms with Crippen molar-refractivity contribution in [3.05, 3.63) is 65.2 Å². The lowest BCUT2D eigenvalue weighted by molar-refractivity contribution is -0.123. The van der Waals surface area contributed by atoms with E-state index in [4.69, 9.17) is 4.74 Å². The van der Waals surface area contributed by atoms with Gasteiger partial charge in [-0.1, -0.05) is 38.1 Å². The fourth-order valence-corrected chi connectivity index (χ4v) is 6.91. The Kier molecular flexibility index (Phi) is 5.77. The Morgan fingerprint density at radius 1 is 1.15 bits per heavy atom. The van der Waals surface area contributed by atoms with Gasteiger partial charge in [-0.05, 0) is 90.7 Å². The maximum absolute atomic E-state index is 12.5. The number of rotatable bonds is 4. The van der Waals surface area contributed by atoms with E-state index in [1.165, 1.54) is 11.1 Å². The number of ether oxygens (including phenoxy) is 1. The predicted octanol–water partition coefficient (Wildman–Crippen LogP) is 4.63. The average molecular weight is 448 g/mol. The largest absolute Gasteiger partial charge is 0.423 e. The second kappa shape index (κ2) is 8.60. The Labute approximate surface area is 195 Å². The topological polar surface area (TPSA) is 75.6 Å². The molecule has 5 nitrogen and oxygen atoms in total. The van der Waals surface area contributed by atoms with Gasteiger partial charge in [0, 0.05) is 6.42 Å². The molecule has 0 heterocycles. The summed E-state index contributed by atoms with van der Waals surface area (Å²) >= 11 is 0. The van der Waals surface area contributed by atoms with Crippen LogP contribution in [-0.4, -0.2) is 29.1 Å². The first-order valence-electron chi connectivity index (χ1n) is 12.3.